The second kappa shape index (κ2) is 10.0. The van der Waals surface area contributed by atoms with E-state index < -0.39 is 33.4 Å². The molecule has 1 amide bonds. The number of nitrogens with two attached hydrogens (primary N) is 1. The Hall–Kier alpha value is -1.75. The molecule has 1 saturated carbocycles. The van der Waals surface area contributed by atoms with E-state index in [9.17, 15) is 26.4 Å². The van der Waals surface area contributed by atoms with Crippen LogP contribution in [0, 0.1) is 5.92 Å². The molecule has 1 aliphatic rings. The first kappa shape index (κ1) is 24.9. The second-order valence-corrected chi connectivity index (χ2v) is 11.0. The van der Waals surface area contributed by atoms with Gasteiger partial charge in [0, 0.05) is 22.5 Å². The number of hydrogen-bond donors (Lipinski definition) is 1. The summed E-state index contributed by atoms with van der Waals surface area (Å²) in [5.74, 6) is -1.21. The number of sulfonamides is 1. The van der Waals surface area contributed by atoms with Gasteiger partial charge < -0.3 is 5.73 Å². The molecule has 174 valence electrons. The molecule has 5 nitrogen and oxygen atoms in total. The lowest BCUT2D eigenvalue weighted by molar-refractivity contribution is -0.124. The number of primary amides is 1. The van der Waals surface area contributed by atoms with Gasteiger partial charge >= 0.3 is 5.51 Å². The Morgan fingerprint density at radius 1 is 1.06 bits per heavy atom. The molecule has 0 heterocycles. The van der Waals surface area contributed by atoms with Gasteiger partial charge in [0.15, 0.2) is 0 Å². The first-order chi connectivity index (χ1) is 15.0. The maximum atomic E-state index is 13.5. The Labute approximate surface area is 194 Å². The van der Waals surface area contributed by atoms with E-state index in [1.807, 2.05) is 0 Å². The Kier molecular flexibility index (Phi) is 7.80. The van der Waals surface area contributed by atoms with Crippen LogP contribution in [0.1, 0.15) is 31.2 Å². The lowest BCUT2D eigenvalue weighted by Crippen LogP contribution is -2.49. The molecule has 32 heavy (non-hydrogen) atoms. The fraction of sp³-hybridized carbons (Fsp3) is 0.381. The zero-order chi connectivity index (χ0) is 23.5. The molecule has 2 atom stereocenters. The molecule has 2 aromatic rings. The Bertz CT molecular complexity index is 1050. The van der Waals surface area contributed by atoms with E-state index in [4.69, 9.17) is 17.3 Å². The fourth-order valence-electron chi connectivity index (χ4n) is 3.89. The first-order valence-corrected chi connectivity index (χ1v) is 12.5. The summed E-state index contributed by atoms with van der Waals surface area (Å²) in [6.07, 6.45) is 2.45. The molecular weight excluding hydrogens is 485 g/mol. The number of thioether (sulfide) groups is 1. The number of alkyl halides is 3. The van der Waals surface area contributed by atoms with Gasteiger partial charge in [-0.2, -0.15) is 17.5 Å². The summed E-state index contributed by atoms with van der Waals surface area (Å²) in [6, 6.07) is 10.6. The first-order valence-electron chi connectivity index (χ1n) is 9.89. The van der Waals surface area contributed by atoms with Crippen LogP contribution in [-0.4, -0.2) is 30.2 Å². The molecule has 1 fully saturated rings. The van der Waals surface area contributed by atoms with Gasteiger partial charge in [-0.3, -0.25) is 4.79 Å². The minimum atomic E-state index is -4.41. The number of hydrogen-bond acceptors (Lipinski definition) is 4. The number of halogens is 4. The minimum Gasteiger partial charge on any atom is -0.369 e. The van der Waals surface area contributed by atoms with Crippen LogP contribution in [0.25, 0.3) is 0 Å². The number of amides is 1. The Balaban J connectivity index is 1.97. The summed E-state index contributed by atoms with van der Waals surface area (Å²) in [7, 11) is -4.04. The van der Waals surface area contributed by atoms with Crippen molar-refractivity contribution in [3.05, 3.63) is 59.1 Å². The van der Waals surface area contributed by atoms with Crippen LogP contribution >= 0.6 is 23.4 Å². The van der Waals surface area contributed by atoms with E-state index >= 15 is 0 Å². The fourth-order valence-corrected chi connectivity index (χ4v) is 6.23. The molecule has 2 aromatic carbocycles. The van der Waals surface area contributed by atoms with Gasteiger partial charge in [0.1, 0.15) is 0 Å². The van der Waals surface area contributed by atoms with Crippen molar-refractivity contribution in [2.24, 2.45) is 11.7 Å². The van der Waals surface area contributed by atoms with Crippen LogP contribution in [0.5, 0.6) is 0 Å². The molecule has 3 rings (SSSR count). The van der Waals surface area contributed by atoms with E-state index in [2.05, 4.69) is 0 Å². The Morgan fingerprint density at radius 2 is 1.66 bits per heavy atom. The third-order valence-corrected chi connectivity index (χ3v) is 8.26. The molecule has 1 aliphatic carbocycles. The van der Waals surface area contributed by atoms with Crippen molar-refractivity contribution >= 4 is 39.3 Å². The van der Waals surface area contributed by atoms with Gasteiger partial charge in [0.2, 0.25) is 15.9 Å². The SMILES string of the molecule is NC(=O)[C@H]1CCCC[C@H]1N(Cc1ccc(SC(F)(F)F)cc1)S(=O)(=O)c1ccc(Cl)cc1. The smallest absolute Gasteiger partial charge is 0.369 e. The van der Waals surface area contributed by atoms with Gasteiger partial charge in [-0.15, -0.1) is 0 Å². The van der Waals surface area contributed by atoms with Crippen LogP contribution in [0.4, 0.5) is 13.2 Å². The third-order valence-electron chi connectivity index (χ3n) is 5.38. The molecule has 0 radical (unpaired) electrons. The molecule has 11 heteroatoms. The lowest BCUT2D eigenvalue weighted by Gasteiger charge is -2.38. The number of benzene rings is 2. The van der Waals surface area contributed by atoms with Crippen LogP contribution < -0.4 is 5.73 Å². The van der Waals surface area contributed by atoms with E-state index in [0.717, 1.165) is 12.8 Å². The van der Waals surface area contributed by atoms with Gasteiger partial charge in [0.05, 0.1) is 10.8 Å². The van der Waals surface area contributed by atoms with E-state index in [1.165, 1.54) is 52.8 Å². The van der Waals surface area contributed by atoms with E-state index in [-0.39, 0.29) is 28.1 Å². The van der Waals surface area contributed by atoms with Crippen molar-refractivity contribution in [3.63, 3.8) is 0 Å². The maximum Gasteiger partial charge on any atom is 0.446 e. The average Bonchev–Trinajstić information content (AvgIpc) is 2.72. The van der Waals surface area contributed by atoms with Crippen molar-refractivity contribution in [1.82, 2.24) is 4.31 Å². The highest BCUT2D eigenvalue weighted by molar-refractivity contribution is 8.00. The van der Waals surface area contributed by atoms with Gasteiger partial charge in [0.25, 0.3) is 0 Å². The molecule has 0 spiro atoms. The second-order valence-electron chi connectivity index (χ2n) is 7.56. The number of nitrogens with zero attached hydrogens (tertiary/aromatic N) is 1. The van der Waals surface area contributed by atoms with Crippen molar-refractivity contribution in [1.29, 1.82) is 0 Å². The zero-order valence-corrected chi connectivity index (χ0v) is 19.3. The molecule has 2 N–H and O–H groups in total. The quantitative estimate of drug-likeness (QED) is 0.524. The molecular formula is C21H22ClF3N2O3S2. The largest absolute Gasteiger partial charge is 0.446 e. The number of rotatable bonds is 7. The molecule has 0 aromatic heterocycles. The summed E-state index contributed by atoms with van der Waals surface area (Å²) in [5.41, 5.74) is 1.67. The van der Waals surface area contributed by atoms with E-state index in [1.54, 1.807) is 0 Å². The van der Waals surface area contributed by atoms with Crippen LogP contribution in [0.3, 0.4) is 0 Å². The van der Waals surface area contributed by atoms with Crippen LogP contribution in [-0.2, 0) is 21.4 Å². The molecule has 0 saturated heterocycles. The number of carbonyl (C=O) groups is 1. The monoisotopic (exact) mass is 506 g/mol. The molecule has 0 aliphatic heterocycles. The van der Waals surface area contributed by atoms with Crippen molar-refractivity contribution < 1.29 is 26.4 Å². The number of carbonyl (C=O) groups excluding carboxylic acids is 1. The highest BCUT2D eigenvalue weighted by atomic mass is 35.5. The predicted octanol–water partition coefficient (Wildman–Crippen LogP) is 5.19. The van der Waals surface area contributed by atoms with E-state index in [0.29, 0.717) is 23.4 Å². The summed E-state index contributed by atoms with van der Waals surface area (Å²) in [6.45, 7) is -0.101. The summed E-state index contributed by atoms with van der Waals surface area (Å²) >= 11 is 5.65. The summed E-state index contributed by atoms with van der Waals surface area (Å²) < 4.78 is 66.2. The standard InChI is InChI=1S/C21H22ClF3N2O3S2/c22-15-7-11-17(12-8-15)32(29,30)27(19-4-2-1-3-18(19)20(26)28)13-14-5-9-16(10-6-14)31-21(23,24)25/h5-12,18-19H,1-4,13H2,(H2,26,28)/t18-,19+/m0/s1. The van der Waals surface area contributed by atoms with Gasteiger partial charge in [-0.1, -0.05) is 36.6 Å². The topological polar surface area (TPSA) is 80.5 Å². The average molecular weight is 507 g/mol. The molecule has 0 unspecified atom stereocenters. The van der Waals surface area contributed by atoms with Crippen molar-refractivity contribution in [2.75, 3.05) is 0 Å². The predicted molar refractivity (Wildman–Crippen MR) is 117 cm³/mol. The lowest BCUT2D eigenvalue weighted by atomic mass is 9.84. The zero-order valence-electron chi connectivity index (χ0n) is 16.9. The highest BCUT2D eigenvalue weighted by Crippen LogP contribution is 2.37. The highest BCUT2D eigenvalue weighted by Gasteiger charge is 2.40. The van der Waals surface area contributed by atoms with Crippen LogP contribution in [0.15, 0.2) is 58.3 Å². The van der Waals surface area contributed by atoms with Crippen molar-refractivity contribution in [2.45, 2.75) is 53.6 Å². The van der Waals surface area contributed by atoms with Gasteiger partial charge in [-0.25, -0.2) is 8.42 Å². The summed E-state index contributed by atoms with van der Waals surface area (Å²) in [4.78, 5) is 12.1. The van der Waals surface area contributed by atoms with Crippen LogP contribution in [0.2, 0.25) is 5.02 Å². The van der Waals surface area contributed by atoms with Crippen molar-refractivity contribution in [3.8, 4) is 0 Å². The maximum absolute atomic E-state index is 13.5. The summed E-state index contributed by atoms with van der Waals surface area (Å²) in [5, 5.41) is 0.376. The normalized spacial score (nSPS) is 19.8. The third kappa shape index (κ3) is 6.18. The van der Waals surface area contributed by atoms with Gasteiger partial charge in [-0.05, 0) is 66.6 Å². The minimum absolute atomic E-state index is 0.000960. The Morgan fingerprint density at radius 3 is 2.22 bits per heavy atom. The molecule has 0 bridgehead atoms.